The van der Waals surface area contributed by atoms with E-state index in [1.54, 1.807) is 10.7 Å². The highest BCUT2D eigenvalue weighted by Crippen LogP contribution is 2.36. The summed E-state index contributed by atoms with van der Waals surface area (Å²) in [5.74, 6) is -0.681. The van der Waals surface area contributed by atoms with E-state index in [-0.39, 0.29) is 29.5 Å². The highest BCUT2D eigenvalue weighted by molar-refractivity contribution is 5.99. The summed E-state index contributed by atoms with van der Waals surface area (Å²) in [7, 11) is 0. The molecule has 6 nitrogen and oxygen atoms in total. The van der Waals surface area contributed by atoms with E-state index in [9.17, 15) is 4.79 Å². The van der Waals surface area contributed by atoms with E-state index in [0.717, 1.165) is 17.5 Å². The Morgan fingerprint density at radius 1 is 1.25 bits per heavy atom. The third-order valence-corrected chi connectivity index (χ3v) is 5.39. The fourth-order valence-corrected chi connectivity index (χ4v) is 3.62. The molecular weight excluding hydrogens is 409 g/mol. The maximum Gasteiger partial charge on any atom is 0.346 e. The van der Waals surface area contributed by atoms with E-state index < -0.39 is 11.8 Å². The second kappa shape index (κ2) is 9.53. The second-order valence-corrected chi connectivity index (χ2v) is 8.38. The largest absolute Gasteiger partial charge is 0.474 e. The number of fused-ring (bicyclic) bond motifs is 1. The van der Waals surface area contributed by atoms with Gasteiger partial charge in [0.25, 0.3) is 0 Å². The van der Waals surface area contributed by atoms with Crippen LogP contribution >= 0.6 is 0 Å². The van der Waals surface area contributed by atoms with Gasteiger partial charge in [-0.15, -0.1) is 0 Å². The van der Waals surface area contributed by atoms with Crippen LogP contribution in [-0.4, -0.2) is 27.9 Å². The molecule has 0 saturated heterocycles. The molecule has 0 bridgehead atoms. The average molecular weight is 438 g/mol. The molecule has 2 heterocycles. The number of esters is 1. The van der Waals surface area contributed by atoms with Gasteiger partial charge >= 0.3 is 5.97 Å². The lowest BCUT2D eigenvalue weighted by Crippen LogP contribution is -2.24. The van der Waals surface area contributed by atoms with Crippen LogP contribution < -0.4 is 10.1 Å². The number of aromatic nitrogens is 2. The van der Waals surface area contributed by atoms with Crippen molar-refractivity contribution in [3.05, 3.63) is 71.0 Å². The van der Waals surface area contributed by atoms with Crippen LogP contribution in [0.15, 0.2) is 48.5 Å². The first-order valence-electron chi connectivity index (χ1n) is 10.9. The quantitative estimate of drug-likeness (QED) is 0.542. The van der Waals surface area contributed by atoms with Gasteiger partial charge in [0.05, 0.1) is 6.10 Å². The van der Waals surface area contributed by atoms with Gasteiger partial charge in [-0.05, 0) is 30.2 Å². The molecule has 1 N–H and O–H groups in total. The summed E-state index contributed by atoms with van der Waals surface area (Å²) >= 11 is 0. The Labute approximate surface area is 187 Å². The summed E-state index contributed by atoms with van der Waals surface area (Å²) in [5, 5.41) is 7.81. The molecule has 1 aromatic heterocycles. The first kappa shape index (κ1) is 22.0. The van der Waals surface area contributed by atoms with Crippen LogP contribution in [0.4, 0.5) is 4.39 Å². The molecule has 1 atom stereocenters. The van der Waals surface area contributed by atoms with Crippen LogP contribution in [0, 0.1) is 5.82 Å². The van der Waals surface area contributed by atoms with Gasteiger partial charge in [0, 0.05) is 31.1 Å². The molecular formula is C25H28FN3O3. The standard InChI is InChI=1S/C25H28FN3O3/c1-16(2)27-14-19-9-10-20(21(26)13-19)23-22(24-29(28-23)12-11-17(3)32-24)25(30)31-15-18-7-5-4-6-8-18/h4-10,13,16-17,27H,11-12,14-15H2,1-3H3/t17-/m1/s1. The third kappa shape index (κ3) is 4.83. The van der Waals surface area contributed by atoms with Gasteiger partial charge < -0.3 is 14.8 Å². The molecule has 2 aromatic carbocycles. The van der Waals surface area contributed by atoms with Crippen molar-refractivity contribution in [2.24, 2.45) is 0 Å². The van der Waals surface area contributed by atoms with Crippen LogP contribution in [0.5, 0.6) is 5.88 Å². The Morgan fingerprint density at radius 2 is 2.03 bits per heavy atom. The van der Waals surface area contributed by atoms with Gasteiger partial charge in [-0.25, -0.2) is 13.9 Å². The summed E-state index contributed by atoms with van der Waals surface area (Å²) in [6, 6.07) is 14.7. The Bertz CT molecular complexity index is 1100. The molecule has 168 valence electrons. The van der Waals surface area contributed by atoms with Gasteiger partial charge in [0.15, 0.2) is 0 Å². The third-order valence-electron chi connectivity index (χ3n) is 5.39. The first-order chi connectivity index (χ1) is 15.4. The van der Waals surface area contributed by atoms with Crippen molar-refractivity contribution in [1.29, 1.82) is 0 Å². The molecule has 1 aliphatic rings. The summed E-state index contributed by atoms with van der Waals surface area (Å²) in [4.78, 5) is 13.1. The van der Waals surface area contributed by atoms with Gasteiger partial charge in [-0.1, -0.05) is 50.2 Å². The smallest absolute Gasteiger partial charge is 0.346 e. The number of halogens is 1. The summed E-state index contributed by atoms with van der Waals surface area (Å²) < 4.78 is 28.2. The van der Waals surface area contributed by atoms with Gasteiger partial charge in [0.2, 0.25) is 5.88 Å². The maximum atomic E-state index is 15.1. The summed E-state index contributed by atoms with van der Waals surface area (Å²) in [6.45, 7) is 7.27. The fraction of sp³-hybridized carbons (Fsp3) is 0.360. The lowest BCUT2D eigenvalue weighted by atomic mass is 10.0. The molecule has 3 aromatic rings. The molecule has 0 spiro atoms. The minimum Gasteiger partial charge on any atom is -0.474 e. The minimum atomic E-state index is -0.579. The number of benzene rings is 2. The van der Waals surface area contributed by atoms with Crippen molar-refractivity contribution in [3.8, 4) is 17.1 Å². The molecule has 7 heteroatoms. The van der Waals surface area contributed by atoms with Gasteiger partial charge in [0.1, 0.15) is 23.7 Å². The van der Waals surface area contributed by atoms with E-state index >= 15 is 4.39 Å². The predicted octanol–water partition coefficient (Wildman–Crippen LogP) is 4.72. The molecule has 0 amide bonds. The number of ether oxygens (including phenoxy) is 2. The summed E-state index contributed by atoms with van der Waals surface area (Å²) in [5.41, 5.74) is 2.35. The maximum absolute atomic E-state index is 15.1. The zero-order chi connectivity index (χ0) is 22.7. The highest BCUT2D eigenvalue weighted by atomic mass is 19.1. The van der Waals surface area contributed by atoms with E-state index in [1.807, 2.05) is 57.2 Å². The lowest BCUT2D eigenvalue weighted by Gasteiger charge is -2.21. The van der Waals surface area contributed by atoms with Crippen LogP contribution in [0.3, 0.4) is 0 Å². The Morgan fingerprint density at radius 3 is 2.75 bits per heavy atom. The zero-order valence-electron chi connectivity index (χ0n) is 18.6. The zero-order valence-corrected chi connectivity index (χ0v) is 18.6. The average Bonchev–Trinajstić information content (AvgIpc) is 3.15. The molecule has 0 radical (unpaired) electrons. The number of hydrogen-bond donors (Lipinski definition) is 1. The molecule has 32 heavy (non-hydrogen) atoms. The van der Waals surface area contributed by atoms with Gasteiger partial charge in [-0.3, -0.25) is 0 Å². The fourth-order valence-electron chi connectivity index (χ4n) is 3.62. The number of nitrogens with zero attached hydrogens (tertiary/aromatic N) is 2. The number of aryl methyl sites for hydroxylation is 1. The molecule has 0 unspecified atom stereocenters. The van der Waals surface area contributed by atoms with E-state index in [1.165, 1.54) is 6.07 Å². The topological polar surface area (TPSA) is 65.4 Å². The predicted molar refractivity (Wildman–Crippen MR) is 120 cm³/mol. The van der Waals surface area contributed by atoms with Crippen LogP contribution in [-0.2, 0) is 24.4 Å². The van der Waals surface area contributed by atoms with E-state index in [4.69, 9.17) is 9.47 Å². The van der Waals surface area contributed by atoms with Crippen molar-refractivity contribution < 1.29 is 18.7 Å². The SMILES string of the molecule is CC(C)NCc1ccc(-c2nn3c(c2C(=O)OCc2ccccc2)O[C@H](C)CC3)c(F)c1. The molecule has 1 aliphatic heterocycles. The van der Waals surface area contributed by atoms with Gasteiger partial charge in [-0.2, -0.15) is 5.10 Å². The van der Waals surface area contributed by atoms with Crippen molar-refractivity contribution >= 4 is 5.97 Å². The molecule has 0 saturated carbocycles. The molecule has 0 fully saturated rings. The van der Waals surface area contributed by atoms with Crippen molar-refractivity contribution in [2.75, 3.05) is 0 Å². The van der Waals surface area contributed by atoms with Crippen molar-refractivity contribution in [2.45, 2.75) is 59.0 Å². The van der Waals surface area contributed by atoms with Crippen LogP contribution in [0.1, 0.15) is 48.7 Å². The number of rotatable bonds is 7. The molecule has 4 rings (SSSR count). The monoisotopic (exact) mass is 437 g/mol. The normalized spacial score (nSPS) is 15.3. The Kier molecular flexibility index (Phi) is 6.55. The van der Waals surface area contributed by atoms with Crippen molar-refractivity contribution in [1.82, 2.24) is 15.1 Å². The Balaban J connectivity index is 1.67. The second-order valence-electron chi connectivity index (χ2n) is 8.38. The van der Waals surface area contributed by atoms with E-state index in [0.29, 0.717) is 25.0 Å². The van der Waals surface area contributed by atoms with Crippen LogP contribution in [0.2, 0.25) is 0 Å². The number of hydrogen-bond acceptors (Lipinski definition) is 5. The lowest BCUT2D eigenvalue weighted by molar-refractivity contribution is 0.0462. The minimum absolute atomic E-state index is 0.0675. The van der Waals surface area contributed by atoms with E-state index in [2.05, 4.69) is 10.4 Å². The highest BCUT2D eigenvalue weighted by Gasteiger charge is 2.32. The number of carbonyl (C=O) groups excluding carboxylic acids is 1. The molecule has 0 aliphatic carbocycles. The first-order valence-corrected chi connectivity index (χ1v) is 10.9. The Hall–Kier alpha value is -3.19. The summed E-state index contributed by atoms with van der Waals surface area (Å²) in [6.07, 6.45) is 0.691. The number of carbonyl (C=O) groups is 1. The van der Waals surface area contributed by atoms with Crippen LogP contribution in [0.25, 0.3) is 11.3 Å². The van der Waals surface area contributed by atoms with Crippen molar-refractivity contribution in [3.63, 3.8) is 0 Å². The number of nitrogens with one attached hydrogen (secondary N) is 1.